The molecule has 0 aromatic carbocycles. The highest BCUT2D eigenvalue weighted by molar-refractivity contribution is 7.47. The monoisotopic (exact) mass is 1430 g/mol. The van der Waals surface area contributed by atoms with E-state index in [-0.39, 0.29) is 19.3 Å². The molecule has 99 heavy (non-hydrogen) atoms. The minimum absolute atomic E-state index is 0.0924. The zero-order valence-electron chi connectivity index (χ0n) is 62.6. The Balaban J connectivity index is 4.51. The lowest BCUT2D eigenvalue weighted by Gasteiger charge is -2.21. The van der Waals surface area contributed by atoms with E-state index in [0.717, 1.165) is 141 Å². The summed E-state index contributed by atoms with van der Waals surface area (Å²) >= 11 is 0. The lowest BCUT2D eigenvalue weighted by atomic mass is 10.0. The Morgan fingerprint density at radius 1 is 0.283 bits per heavy atom. The number of esters is 3. The molecule has 5 unspecified atom stereocenters. The molecular weight excluding hydrogens is 1290 g/mol. The molecule has 0 saturated heterocycles. The molecular formula is C81H144O16P2. The van der Waals surface area contributed by atoms with Gasteiger partial charge in [-0.05, 0) is 128 Å². The average Bonchev–Trinajstić information content (AvgIpc) is 1.73. The normalized spacial score (nSPS) is 14.5. The Hall–Kier alpha value is -3.53. The van der Waals surface area contributed by atoms with Crippen molar-refractivity contribution in [2.24, 2.45) is 0 Å². The Morgan fingerprint density at radius 3 is 0.828 bits per heavy atom. The van der Waals surface area contributed by atoms with Gasteiger partial charge in [-0.3, -0.25) is 32.5 Å². The Bertz CT molecular complexity index is 2190. The molecule has 0 rings (SSSR count). The summed E-state index contributed by atoms with van der Waals surface area (Å²) in [6, 6.07) is 0. The molecule has 0 aliphatic heterocycles. The van der Waals surface area contributed by atoms with Crippen molar-refractivity contribution in [1.29, 1.82) is 0 Å². The zero-order chi connectivity index (χ0) is 72.3. The highest BCUT2D eigenvalue weighted by Crippen LogP contribution is 2.45. The molecule has 0 aromatic rings. The molecule has 0 heterocycles. The summed E-state index contributed by atoms with van der Waals surface area (Å²) in [4.78, 5) is 58.6. The van der Waals surface area contributed by atoms with Crippen LogP contribution in [-0.2, 0) is 55.8 Å². The van der Waals surface area contributed by atoms with E-state index in [2.05, 4.69) is 118 Å². The van der Waals surface area contributed by atoms with Gasteiger partial charge in [-0.25, -0.2) is 9.13 Å². The van der Waals surface area contributed by atoms with Crippen LogP contribution in [-0.4, -0.2) is 95.9 Å². The topological polar surface area (TPSA) is 231 Å². The zero-order valence-corrected chi connectivity index (χ0v) is 64.4. The second kappa shape index (κ2) is 74.2. The number of ether oxygens (including phenoxy) is 3. The van der Waals surface area contributed by atoms with Crippen LogP contribution in [0.25, 0.3) is 0 Å². The second-order valence-electron chi connectivity index (χ2n) is 26.5. The molecule has 0 aliphatic carbocycles. The van der Waals surface area contributed by atoms with Gasteiger partial charge in [-0.15, -0.1) is 0 Å². The number of aliphatic hydroxyl groups is 2. The van der Waals surface area contributed by atoms with Gasteiger partial charge in [0.25, 0.3) is 0 Å². The van der Waals surface area contributed by atoms with E-state index in [1.54, 1.807) is 0 Å². The summed E-state index contributed by atoms with van der Waals surface area (Å²) in [5.41, 5.74) is 0. The molecule has 0 saturated carbocycles. The standard InChI is InChI=1S/C81H144O16P2/c1-4-7-10-13-16-19-22-25-28-30-32-33-34-35-36-37-38-39-40-41-43-45-47-49-52-55-58-61-64-67-79(84)91-70-76(82)71-93-98(87,88)94-72-77(83)73-95-99(89,90)96-75-78(97-81(86)69-66-63-60-57-54-51-46-27-24-21-18-15-12-9-6-3)74-92-80(85)68-65-62-59-56-53-50-48-44-42-31-29-26-23-20-17-14-11-8-5-2/h16-17,19-20,25-29,32-33,35-36,42,44,46,76-78,82-83H,4-15,18,21-24,30-31,34,37-41,43,45,47-75H2,1-3H3,(H,87,88)(H,89,90)/b19-16-,20-17-,28-25-,29-26-,33-32-,36-35-,44-42-,46-27-. The van der Waals surface area contributed by atoms with Crippen LogP contribution < -0.4 is 0 Å². The molecule has 0 aromatic heterocycles. The van der Waals surface area contributed by atoms with Crippen molar-refractivity contribution in [3.63, 3.8) is 0 Å². The first kappa shape index (κ1) is 95.5. The van der Waals surface area contributed by atoms with Crippen LogP contribution >= 0.6 is 15.6 Å². The highest BCUT2D eigenvalue weighted by Gasteiger charge is 2.29. The van der Waals surface area contributed by atoms with Crippen LogP contribution in [0.4, 0.5) is 0 Å². The van der Waals surface area contributed by atoms with Crippen LogP contribution in [0.2, 0.25) is 0 Å². The lowest BCUT2D eigenvalue weighted by molar-refractivity contribution is -0.161. The first-order chi connectivity index (χ1) is 48.2. The molecule has 18 heteroatoms. The van der Waals surface area contributed by atoms with E-state index in [9.17, 15) is 43.5 Å². The average molecular weight is 1440 g/mol. The van der Waals surface area contributed by atoms with Gasteiger partial charge in [0.05, 0.1) is 26.4 Å². The first-order valence-corrected chi connectivity index (χ1v) is 42.5. The molecule has 0 fully saturated rings. The SMILES string of the molecule is CCCCC/C=C\C/C=C\C/C=C\C/C=C\CCCCCCCCCCCCCCCC(=O)OCC(O)COP(=O)(O)OCC(O)COP(=O)(O)OCC(COC(=O)CCCCCCCC/C=C\C/C=C\C/C=C\CCCCC)OC(=O)CCCCCCC/C=C\CCCCCCCC. The predicted molar refractivity (Wildman–Crippen MR) is 408 cm³/mol. The van der Waals surface area contributed by atoms with Gasteiger partial charge in [-0.1, -0.05) is 291 Å². The van der Waals surface area contributed by atoms with E-state index in [1.807, 2.05) is 0 Å². The van der Waals surface area contributed by atoms with E-state index < -0.39 is 91.5 Å². The van der Waals surface area contributed by atoms with Gasteiger partial charge in [0.15, 0.2) is 6.10 Å². The molecule has 4 N–H and O–H groups in total. The van der Waals surface area contributed by atoms with Crippen molar-refractivity contribution in [2.45, 2.75) is 360 Å². The molecule has 0 bridgehead atoms. The van der Waals surface area contributed by atoms with E-state index >= 15 is 0 Å². The summed E-state index contributed by atoms with van der Waals surface area (Å²) in [6.45, 7) is 2.63. The number of rotatable bonds is 75. The number of aliphatic hydroxyl groups excluding tert-OH is 2. The minimum atomic E-state index is -4.93. The third kappa shape index (κ3) is 75.5. The molecule has 0 amide bonds. The quantitative estimate of drug-likeness (QED) is 0.0146. The summed E-state index contributed by atoms with van der Waals surface area (Å²) in [6.07, 6.45) is 84.5. The smallest absolute Gasteiger partial charge is 0.463 e. The molecule has 0 spiro atoms. The maximum atomic E-state index is 13.0. The molecule has 0 aliphatic rings. The summed E-state index contributed by atoms with van der Waals surface area (Å²) in [7, 11) is -9.79. The number of phosphoric acid groups is 2. The molecule has 0 radical (unpaired) electrons. The lowest BCUT2D eigenvalue weighted by Crippen LogP contribution is -2.30. The number of phosphoric ester groups is 2. The number of unbranched alkanes of at least 4 members (excludes halogenated alkanes) is 36. The first-order valence-electron chi connectivity index (χ1n) is 39.5. The van der Waals surface area contributed by atoms with Crippen molar-refractivity contribution < 1.29 is 75.8 Å². The molecule has 5 atom stereocenters. The van der Waals surface area contributed by atoms with Crippen LogP contribution in [0.3, 0.4) is 0 Å². The minimum Gasteiger partial charge on any atom is -0.463 e. The fourth-order valence-corrected chi connectivity index (χ4v) is 12.3. The Kier molecular flexibility index (Phi) is 71.6. The maximum Gasteiger partial charge on any atom is 0.472 e. The largest absolute Gasteiger partial charge is 0.472 e. The van der Waals surface area contributed by atoms with Crippen molar-refractivity contribution in [3.8, 4) is 0 Å². The van der Waals surface area contributed by atoms with Gasteiger partial charge in [-0.2, -0.15) is 0 Å². The third-order valence-corrected chi connectivity index (χ3v) is 18.7. The van der Waals surface area contributed by atoms with E-state index in [4.69, 9.17) is 32.3 Å². The van der Waals surface area contributed by atoms with Crippen LogP contribution in [0, 0.1) is 0 Å². The Morgan fingerprint density at radius 2 is 0.505 bits per heavy atom. The van der Waals surface area contributed by atoms with E-state index in [1.165, 1.54) is 141 Å². The van der Waals surface area contributed by atoms with Crippen molar-refractivity contribution in [3.05, 3.63) is 97.2 Å². The number of hydrogen-bond acceptors (Lipinski definition) is 14. The van der Waals surface area contributed by atoms with Crippen LogP contribution in [0.15, 0.2) is 97.2 Å². The van der Waals surface area contributed by atoms with Crippen LogP contribution in [0.1, 0.15) is 342 Å². The fraction of sp³-hybridized carbons (Fsp3) is 0.765. The number of allylic oxidation sites excluding steroid dienone is 16. The molecule has 16 nitrogen and oxygen atoms in total. The van der Waals surface area contributed by atoms with Crippen LogP contribution in [0.5, 0.6) is 0 Å². The second-order valence-corrected chi connectivity index (χ2v) is 29.4. The maximum absolute atomic E-state index is 13.0. The Labute approximate surface area is 603 Å². The number of hydrogen-bond donors (Lipinski definition) is 4. The van der Waals surface area contributed by atoms with Crippen molar-refractivity contribution in [1.82, 2.24) is 0 Å². The molecule has 574 valence electrons. The fourth-order valence-electron chi connectivity index (χ4n) is 10.7. The number of carbonyl (C=O) groups excluding carboxylic acids is 3. The van der Waals surface area contributed by atoms with Gasteiger partial charge in [0.1, 0.15) is 25.4 Å². The van der Waals surface area contributed by atoms with Gasteiger partial charge in [0, 0.05) is 19.3 Å². The van der Waals surface area contributed by atoms with Gasteiger partial charge in [0.2, 0.25) is 0 Å². The highest BCUT2D eigenvalue weighted by atomic mass is 31.2. The van der Waals surface area contributed by atoms with Crippen molar-refractivity contribution >= 4 is 33.6 Å². The predicted octanol–water partition coefficient (Wildman–Crippen LogP) is 23.0. The summed E-state index contributed by atoms with van der Waals surface area (Å²) < 4.78 is 61.1. The summed E-state index contributed by atoms with van der Waals surface area (Å²) in [5.74, 6) is -1.59. The third-order valence-electron chi connectivity index (χ3n) is 16.8. The van der Waals surface area contributed by atoms with Gasteiger partial charge < -0.3 is 34.2 Å². The van der Waals surface area contributed by atoms with Crippen molar-refractivity contribution in [2.75, 3.05) is 39.6 Å². The number of carbonyl (C=O) groups is 3. The summed E-state index contributed by atoms with van der Waals surface area (Å²) in [5, 5.41) is 20.6. The van der Waals surface area contributed by atoms with Gasteiger partial charge >= 0.3 is 33.6 Å². The van der Waals surface area contributed by atoms with E-state index in [0.29, 0.717) is 19.3 Å².